The van der Waals surface area contributed by atoms with Crippen LogP contribution in [0.15, 0.2) is 75.8 Å². The first kappa shape index (κ1) is 32.4. The maximum Gasteiger partial charge on any atom is 0.236 e. The number of hydrogen-bond donors (Lipinski definition) is 0. The molecule has 0 bridgehead atoms. The number of unbranched alkanes of at least 4 members (excludes halogenated alkanes) is 4. The SMILES string of the molecule is CCCCC1(CCCC)C=C([C@@H]2COC(c3cccc(C4=N[C@H](C5=CC(CCCC)(CCCC)CC=C5)CO4)n3)=N2)C=CC1. The van der Waals surface area contributed by atoms with Crippen molar-refractivity contribution in [1.29, 1.82) is 0 Å². The van der Waals surface area contributed by atoms with Gasteiger partial charge in [0.25, 0.3) is 0 Å². The minimum atomic E-state index is 0.0183. The monoisotopic (exact) mass is 597 g/mol. The van der Waals surface area contributed by atoms with E-state index in [9.17, 15) is 0 Å². The minimum absolute atomic E-state index is 0.0183. The molecule has 0 amide bonds. The Morgan fingerprint density at radius 3 is 1.43 bits per heavy atom. The standard InChI is InChI=1S/C39H55N3O2/c1-5-9-20-38(21-10-6-2)24-14-16-30(26-38)34-28-43-36(41-34)32-18-13-19-33(40-32)37-42-35(29-44-37)31-17-15-25-39(27-31,22-11-7-3)23-12-8-4/h13-19,26-27,34-35H,5-12,20-25,28-29H2,1-4H3/t34-,35-/m0/s1. The van der Waals surface area contributed by atoms with E-state index in [1.165, 1.54) is 88.2 Å². The van der Waals surface area contributed by atoms with Gasteiger partial charge in [-0.15, -0.1) is 0 Å². The van der Waals surface area contributed by atoms with Gasteiger partial charge in [-0.25, -0.2) is 15.0 Å². The maximum absolute atomic E-state index is 6.17. The lowest BCUT2D eigenvalue weighted by Crippen LogP contribution is -2.23. The number of aliphatic imine (C=N–C) groups is 2. The van der Waals surface area contributed by atoms with Crippen molar-refractivity contribution in [2.45, 2.75) is 130 Å². The maximum atomic E-state index is 6.17. The van der Waals surface area contributed by atoms with E-state index in [1.807, 2.05) is 18.2 Å². The molecule has 44 heavy (non-hydrogen) atoms. The summed E-state index contributed by atoms with van der Waals surface area (Å²) in [6, 6.07) is 6.02. The lowest BCUT2D eigenvalue weighted by molar-refractivity contribution is 0.295. The summed E-state index contributed by atoms with van der Waals surface area (Å²) in [6.45, 7) is 10.3. The summed E-state index contributed by atoms with van der Waals surface area (Å²) in [7, 11) is 0. The molecule has 3 heterocycles. The third kappa shape index (κ3) is 7.82. The summed E-state index contributed by atoms with van der Waals surface area (Å²) in [5.74, 6) is 1.24. The van der Waals surface area contributed by atoms with Crippen molar-refractivity contribution in [3.63, 3.8) is 0 Å². The lowest BCUT2D eigenvalue weighted by atomic mass is 9.71. The summed E-state index contributed by atoms with van der Waals surface area (Å²) < 4.78 is 12.3. The van der Waals surface area contributed by atoms with Crippen molar-refractivity contribution in [2.75, 3.05) is 13.2 Å². The Hall–Kier alpha value is -2.95. The Morgan fingerprint density at radius 2 is 1.05 bits per heavy atom. The number of allylic oxidation sites excluding steroid dienone is 4. The molecule has 0 saturated heterocycles. The molecule has 1 aromatic heterocycles. The van der Waals surface area contributed by atoms with Crippen LogP contribution >= 0.6 is 0 Å². The molecule has 5 rings (SSSR count). The molecule has 5 heteroatoms. The largest absolute Gasteiger partial charge is 0.474 e. The second-order valence-electron chi connectivity index (χ2n) is 13.6. The van der Waals surface area contributed by atoms with E-state index < -0.39 is 0 Å². The van der Waals surface area contributed by atoms with Crippen LogP contribution in [0.1, 0.15) is 129 Å². The van der Waals surface area contributed by atoms with Gasteiger partial charge in [0, 0.05) is 0 Å². The number of aromatic nitrogens is 1. The van der Waals surface area contributed by atoms with Gasteiger partial charge in [0.15, 0.2) is 0 Å². The first-order valence-corrected chi connectivity index (χ1v) is 17.7. The Bertz CT molecular complexity index is 1190. The quantitative estimate of drug-likeness (QED) is 0.191. The minimum Gasteiger partial charge on any atom is -0.474 e. The van der Waals surface area contributed by atoms with Crippen LogP contribution in [0.4, 0.5) is 0 Å². The van der Waals surface area contributed by atoms with E-state index in [1.54, 1.807) is 0 Å². The zero-order valence-electron chi connectivity index (χ0n) is 27.8. The van der Waals surface area contributed by atoms with E-state index in [0.717, 1.165) is 24.2 Å². The van der Waals surface area contributed by atoms with Gasteiger partial charge < -0.3 is 9.47 Å². The van der Waals surface area contributed by atoms with E-state index in [-0.39, 0.29) is 22.9 Å². The highest BCUT2D eigenvalue weighted by molar-refractivity contribution is 5.97. The molecule has 0 fully saturated rings. The summed E-state index contributed by atoms with van der Waals surface area (Å²) in [4.78, 5) is 15.0. The zero-order valence-corrected chi connectivity index (χ0v) is 27.8. The highest BCUT2D eigenvalue weighted by atomic mass is 16.5. The van der Waals surface area contributed by atoms with Gasteiger partial charge in [-0.1, -0.05) is 122 Å². The first-order chi connectivity index (χ1) is 21.5. The molecule has 0 radical (unpaired) electrons. The Kier molecular flexibility index (Phi) is 11.3. The predicted octanol–water partition coefficient (Wildman–Crippen LogP) is 9.88. The molecule has 0 aromatic carbocycles. The topological polar surface area (TPSA) is 56.1 Å². The Morgan fingerprint density at radius 1 is 0.636 bits per heavy atom. The molecule has 0 spiro atoms. The summed E-state index contributed by atoms with van der Waals surface area (Å²) >= 11 is 0. The fourth-order valence-electron chi connectivity index (χ4n) is 7.30. The molecular weight excluding hydrogens is 542 g/mol. The second-order valence-corrected chi connectivity index (χ2v) is 13.6. The van der Waals surface area contributed by atoms with Crippen LogP contribution in [0.2, 0.25) is 0 Å². The van der Waals surface area contributed by atoms with Gasteiger partial charge in [0.1, 0.15) is 36.7 Å². The Labute approximate surface area is 266 Å². The van der Waals surface area contributed by atoms with Crippen LogP contribution in [0.5, 0.6) is 0 Å². The van der Waals surface area contributed by atoms with Crippen molar-refractivity contribution < 1.29 is 9.47 Å². The van der Waals surface area contributed by atoms with Gasteiger partial charge in [-0.2, -0.15) is 0 Å². The number of pyridine rings is 1. The van der Waals surface area contributed by atoms with E-state index >= 15 is 0 Å². The number of hydrogen-bond acceptors (Lipinski definition) is 5. The molecule has 2 aliphatic carbocycles. The Balaban J connectivity index is 1.32. The van der Waals surface area contributed by atoms with Crippen molar-refractivity contribution >= 4 is 11.8 Å². The molecule has 2 aliphatic heterocycles. The average molecular weight is 598 g/mol. The van der Waals surface area contributed by atoms with Crippen molar-refractivity contribution in [2.24, 2.45) is 20.8 Å². The van der Waals surface area contributed by atoms with E-state index in [0.29, 0.717) is 25.0 Å². The first-order valence-electron chi connectivity index (χ1n) is 17.7. The smallest absolute Gasteiger partial charge is 0.236 e. The van der Waals surface area contributed by atoms with Crippen LogP contribution in [0.3, 0.4) is 0 Å². The number of ether oxygens (including phenoxy) is 2. The van der Waals surface area contributed by atoms with Crippen LogP contribution in [-0.2, 0) is 9.47 Å². The van der Waals surface area contributed by atoms with E-state index in [2.05, 4.69) is 64.2 Å². The average Bonchev–Trinajstić information content (AvgIpc) is 3.77. The van der Waals surface area contributed by atoms with Crippen LogP contribution in [-0.4, -0.2) is 42.1 Å². The fourth-order valence-corrected chi connectivity index (χ4v) is 7.30. The van der Waals surface area contributed by atoms with Gasteiger partial charge in [-0.3, -0.25) is 0 Å². The van der Waals surface area contributed by atoms with Gasteiger partial charge in [0.05, 0.1) is 0 Å². The fraction of sp³-hybridized carbons (Fsp3) is 0.615. The van der Waals surface area contributed by atoms with Crippen molar-refractivity contribution in [1.82, 2.24) is 4.98 Å². The second kappa shape index (κ2) is 15.4. The highest BCUT2D eigenvalue weighted by Gasteiger charge is 2.34. The molecule has 0 N–H and O–H groups in total. The summed E-state index contributed by atoms with van der Waals surface area (Å²) in [5.41, 5.74) is 4.61. The third-order valence-corrected chi connectivity index (χ3v) is 9.99. The molecular formula is C39H55N3O2. The van der Waals surface area contributed by atoms with Crippen LogP contribution in [0.25, 0.3) is 0 Å². The normalized spacial score (nSPS) is 23.5. The number of rotatable bonds is 16. The highest BCUT2D eigenvalue weighted by Crippen LogP contribution is 2.43. The molecule has 0 unspecified atom stereocenters. The van der Waals surface area contributed by atoms with E-state index in [4.69, 9.17) is 24.4 Å². The zero-order chi connectivity index (χ0) is 30.8. The molecule has 2 atom stereocenters. The summed E-state index contributed by atoms with van der Waals surface area (Å²) in [6.07, 6.45) is 31.7. The van der Waals surface area contributed by atoms with Gasteiger partial charge in [-0.05, 0) is 72.6 Å². The molecule has 238 valence electrons. The van der Waals surface area contributed by atoms with Gasteiger partial charge in [0.2, 0.25) is 11.8 Å². The van der Waals surface area contributed by atoms with Crippen LogP contribution in [0, 0.1) is 10.8 Å². The van der Waals surface area contributed by atoms with Crippen molar-refractivity contribution in [3.8, 4) is 0 Å². The third-order valence-electron chi connectivity index (χ3n) is 9.99. The number of nitrogens with zero attached hydrogens (tertiary/aromatic N) is 3. The molecule has 4 aliphatic rings. The predicted molar refractivity (Wildman–Crippen MR) is 183 cm³/mol. The molecule has 5 nitrogen and oxygen atoms in total. The van der Waals surface area contributed by atoms with Crippen LogP contribution < -0.4 is 0 Å². The molecule has 1 aromatic rings. The summed E-state index contributed by atoms with van der Waals surface area (Å²) in [5, 5.41) is 0. The van der Waals surface area contributed by atoms with Crippen molar-refractivity contribution in [3.05, 3.63) is 77.2 Å². The lowest BCUT2D eigenvalue weighted by Gasteiger charge is -2.34. The molecule has 0 saturated carbocycles. The van der Waals surface area contributed by atoms with Gasteiger partial charge >= 0.3 is 0 Å².